The number of nitrogens with zero attached hydrogens (tertiary/aromatic N) is 3. The van der Waals surface area contributed by atoms with Gasteiger partial charge in [-0.1, -0.05) is 18.2 Å². The van der Waals surface area contributed by atoms with Crippen LogP contribution in [-0.2, 0) is 6.42 Å². The second-order valence-electron chi connectivity index (χ2n) is 6.73. The first-order chi connectivity index (χ1) is 13.6. The monoisotopic (exact) mass is 372 g/mol. The predicted molar refractivity (Wildman–Crippen MR) is 108 cm³/mol. The molecule has 0 atom stereocenters. The Kier molecular flexibility index (Phi) is 4.85. The number of aryl methyl sites for hydroxylation is 1. The number of hydrogen-bond donors (Lipinski definition) is 1. The first-order valence-corrected chi connectivity index (χ1v) is 9.21. The van der Waals surface area contributed by atoms with Gasteiger partial charge in [-0.15, -0.1) is 0 Å². The van der Waals surface area contributed by atoms with Gasteiger partial charge in [-0.25, -0.2) is 9.97 Å². The summed E-state index contributed by atoms with van der Waals surface area (Å²) in [4.78, 5) is 34.6. The number of Topliss-reactive ketones (excluding diaryl/α,β-unsaturated/α-hetero) is 1. The molecule has 1 aliphatic heterocycles. The maximum absolute atomic E-state index is 12.4. The van der Waals surface area contributed by atoms with Crippen LogP contribution in [-0.4, -0.2) is 28.2 Å². The second kappa shape index (κ2) is 7.60. The lowest BCUT2D eigenvalue weighted by atomic mass is 10.0. The maximum Gasteiger partial charge on any atom is 0.275 e. The van der Waals surface area contributed by atoms with Crippen molar-refractivity contribution in [3.8, 4) is 0 Å². The fourth-order valence-electron chi connectivity index (χ4n) is 3.33. The van der Waals surface area contributed by atoms with Crippen LogP contribution in [0.2, 0.25) is 0 Å². The summed E-state index contributed by atoms with van der Waals surface area (Å²) in [5.41, 5.74) is 3.89. The Morgan fingerprint density at radius 2 is 1.79 bits per heavy atom. The molecule has 2 heterocycles. The lowest BCUT2D eigenvalue weighted by Gasteiger charge is -2.30. The molecule has 0 bridgehead atoms. The molecule has 0 saturated carbocycles. The van der Waals surface area contributed by atoms with E-state index in [0.29, 0.717) is 11.3 Å². The van der Waals surface area contributed by atoms with Gasteiger partial charge in [-0.3, -0.25) is 9.59 Å². The van der Waals surface area contributed by atoms with Gasteiger partial charge in [0.05, 0.1) is 12.4 Å². The molecule has 6 nitrogen and oxygen atoms in total. The minimum atomic E-state index is -0.339. The van der Waals surface area contributed by atoms with Crippen molar-refractivity contribution in [2.75, 3.05) is 16.8 Å². The van der Waals surface area contributed by atoms with Gasteiger partial charge in [-0.2, -0.15) is 0 Å². The normalized spacial score (nSPS) is 13.0. The maximum atomic E-state index is 12.4. The minimum absolute atomic E-state index is 0.0152. The van der Waals surface area contributed by atoms with E-state index >= 15 is 0 Å². The third-order valence-electron chi connectivity index (χ3n) is 4.81. The fraction of sp³-hybridized carbons (Fsp3) is 0.182. The number of para-hydroxylation sites is 1. The number of rotatable bonds is 4. The molecule has 1 N–H and O–H groups in total. The molecule has 0 spiro atoms. The first kappa shape index (κ1) is 17.9. The summed E-state index contributed by atoms with van der Waals surface area (Å²) in [5.74, 6) is 0.377. The van der Waals surface area contributed by atoms with Crippen LogP contribution in [0, 0.1) is 0 Å². The van der Waals surface area contributed by atoms with Crippen molar-refractivity contribution in [2.45, 2.75) is 19.8 Å². The largest absolute Gasteiger partial charge is 0.325 e. The van der Waals surface area contributed by atoms with Gasteiger partial charge in [0.25, 0.3) is 5.91 Å². The molecular weight excluding hydrogens is 352 g/mol. The van der Waals surface area contributed by atoms with Gasteiger partial charge in [0.15, 0.2) is 11.6 Å². The predicted octanol–water partition coefficient (Wildman–Crippen LogP) is 4.02. The van der Waals surface area contributed by atoms with E-state index in [0.717, 1.165) is 30.9 Å². The topological polar surface area (TPSA) is 75.2 Å². The molecule has 4 rings (SSSR count). The van der Waals surface area contributed by atoms with E-state index in [-0.39, 0.29) is 17.4 Å². The van der Waals surface area contributed by atoms with Crippen LogP contribution in [0.25, 0.3) is 0 Å². The van der Waals surface area contributed by atoms with Crippen molar-refractivity contribution in [3.05, 3.63) is 77.7 Å². The SMILES string of the molecule is CC(=O)c1ccc(NC(=O)c2cnc(N3CCCc4ccccc43)cn2)cc1. The van der Waals surface area contributed by atoms with Crippen LogP contribution in [0.5, 0.6) is 0 Å². The summed E-state index contributed by atoms with van der Waals surface area (Å²) < 4.78 is 0. The van der Waals surface area contributed by atoms with Gasteiger partial charge in [0, 0.05) is 23.5 Å². The zero-order valence-electron chi connectivity index (χ0n) is 15.6. The molecular formula is C22H20N4O2. The standard InChI is InChI=1S/C22H20N4O2/c1-15(27)16-8-10-18(11-9-16)25-22(28)19-13-24-21(14-23-19)26-12-4-6-17-5-2-3-7-20(17)26/h2-3,5,7-11,13-14H,4,6,12H2,1H3,(H,25,28). The fourth-order valence-corrected chi connectivity index (χ4v) is 3.33. The summed E-state index contributed by atoms with van der Waals surface area (Å²) in [6, 6.07) is 15.0. The second-order valence-corrected chi connectivity index (χ2v) is 6.73. The van der Waals surface area contributed by atoms with Gasteiger partial charge in [0.1, 0.15) is 5.69 Å². The lowest BCUT2D eigenvalue weighted by Crippen LogP contribution is -2.25. The highest BCUT2D eigenvalue weighted by Crippen LogP contribution is 2.31. The summed E-state index contributed by atoms with van der Waals surface area (Å²) in [6.45, 7) is 2.38. The molecule has 1 aromatic heterocycles. The third-order valence-corrected chi connectivity index (χ3v) is 4.81. The van der Waals surface area contributed by atoms with E-state index < -0.39 is 0 Å². The molecule has 1 aliphatic rings. The van der Waals surface area contributed by atoms with Crippen LogP contribution in [0.15, 0.2) is 60.9 Å². The zero-order chi connectivity index (χ0) is 19.5. The molecule has 0 radical (unpaired) electrons. The third kappa shape index (κ3) is 3.62. The van der Waals surface area contributed by atoms with Gasteiger partial charge < -0.3 is 10.2 Å². The number of carbonyl (C=O) groups excluding carboxylic acids is 2. The van der Waals surface area contributed by atoms with E-state index in [1.807, 2.05) is 12.1 Å². The highest BCUT2D eigenvalue weighted by atomic mass is 16.2. The molecule has 140 valence electrons. The summed E-state index contributed by atoms with van der Waals surface area (Å²) in [6.07, 6.45) is 5.24. The van der Waals surface area contributed by atoms with Crippen molar-refractivity contribution in [3.63, 3.8) is 0 Å². The Hall–Kier alpha value is -3.54. The molecule has 3 aromatic rings. The number of carbonyl (C=O) groups is 2. The number of ketones is 1. The van der Waals surface area contributed by atoms with E-state index in [4.69, 9.17) is 0 Å². The van der Waals surface area contributed by atoms with Crippen molar-refractivity contribution < 1.29 is 9.59 Å². The molecule has 0 fully saturated rings. The zero-order valence-corrected chi connectivity index (χ0v) is 15.6. The minimum Gasteiger partial charge on any atom is -0.325 e. The van der Waals surface area contributed by atoms with E-state index in [1.165, 1.54) is 18.7 Å². The van der Waals surface area contributed by atoms with Crippen LogP contribution in [0.4, 0.5) is 17.2 Å². The van der Waals surface area contributed by atoms with Crippen molar-refractivity contribution >= 4 is 28.9 Å². The van der Waals surface area contributed by atoms with E-state index in [1.54, 1.807) is 30.5 Å². The first-order valence-electron chi connectivity index (χ1n) is 9.21. The number of anilines is 3. The molecule has 0 saturated heterocycles. The van der Waals surface area contributed by atoms with E-state index in [9.17, 15) is 9.59 Å². The molecule has 0 unspecified atom stereocenters. The average molecular weight is 372 g/mol. The van der Waals surface area contributed by atoms with Crippen LogP contribution >= 0.6 is 0 Å². The van der Waals surface area contributed by atoms with Gasteiger partial charge in [0.2, 0.25) is 0 Å². The molecule has 6 heteroatoms. The molecule has 28 heavy (non-hydrogen) atoms. The number of aromatic nitrogens is 2. The van der Waals surface area contributed by atoms with Crippen molar-refractivity contribution in [1.29, 1.82) is 0 Å². The van der Waals surface area contributed by atoms with Crippen molar-refractivity contribution in [1.82, 2.24) is 9.97 Å². The highest BCUT2D eigenvalue weighted by molar-refractivity contribution is 6.03. The Morgan fingerprint density at radius 3 is 2.50 bits per heavy atom. The van der Waals surface area contributed by atoms with Crippen LogP contribution < -0.4 is 10.2 Å². The Labute approximate surface area is 163 Å². The van der Waals surface area contributed by atoms with Crippen LogP contribution in [0.3, 0.4) is 0 Å². The number of benzene rings is 2. The van der Waals surface area contributed by atoms with Gasteiger partial charge in [-0.05, 0) is 55.7 Å². The van der Waals surface area contributed by atoms with E-state index in [2.05, 4.69) is 32.3 Å². The Bertz CT molecular complexity index is 1010. The number of hydrogen-bond acceptors (Lipinski definition) is 5. The Morgan fingerprint density at radius 1 is 1.00 bits per heavy atom. The van der Waals surface area contributed by atoms with Crippen molar-refractivity contribution in [2.24, 2.45) is 0 Å². The Balaban J connectivity index is 1.49. The smallest absolute Gasteiger partial charge is 0.275 e. The summed E-state index contributed by atoms with van der Waals surface area (Å²) in [7, 11) is 0. The lowest BCUT2D eigenvalue weighted by molar-refractivity contribution is 0.101. The summed E-state index contributed by atoms with van der Waals surface area (Å²) >= 11 is 0. The average Bonchev–Trinajstić information content (AvgIpc) is 2.74. The summed E-state index contributed by atoms with van der Waals surface area (Å²) in [5, 5.41) is 2.77. The molecule has 2 aromatic carbocycles. The number of fused-ring (bicyclic) bond motifs is 1. The highest BCUT2D eigenvalue weighted by Gasteiger charge is 2.19. The number of amides is 1. The van der Waals surface area contributed by atoms with Gasteiger partial charge >= 0.3 is 0 Å². The molecule has 1 amide bonds. The number of nitrogens with one attached hydrogen (secondary N) is 1. The molecule has 0 aliphatic carbocycles. The van der Waals surface area contributed by atoms with Crippen LogP contribution in [0.1, 0.15) is 39.8 Å². The quantitative estimate of drug-likeness (QED) is 0.700.